The first-order valence-corrected chi connectivity index (χ1v) is 4.62. The summed E-state index contributed by atoms with van der Waals surface area (Å²) in [6, 6.07) is -0.266. The first kappa shape index (κ1) is 9.45. The Morgan fingerprint density at radius 3 is 3.13 bits per heavy atom. The van der Waals surface area contributed by atoms with Gasteiger partial charge in [-0.25, -0.2) is 15.0 Å². The molecule has 2 aromatic rings. The van der Waals surface area contributed by atoms with Gasteiger partial charge in [0.2, 0.25) is 12.1 Å². The van der Waals surface area contributed by atoms with Gasteiger partial charge in [0.1, 0.15) is 6.29 Å². The van der Waals surface area contributed by atoms with E-state index in [9.17, 15) is 4.79 Å². The van der Waals surface area contributed by atoms with Crippen LogP contribution in [0.1, 0.15) is 5.69 Å². The van der Waals surface area contributed by atoms with Crippen LogP contribution >= 0.6 is 0 Å². The maximum Gasteiger partial charge on any atom is 0.240 e. The first-order chi connectivity index (χ1) is 7.38. The minimum Gasteiger partial charge on any atom is -0.348 e. The van der Waals surface area contributed by atoms with Gasteiger partial charge in [-0.1, -0.05) is 0 Å². The molecular weight excluding hydrogens is 194 g/mol. The van der Waals surface area contributed by atoms with E-state index < -0.39 is 0 Å². The third kappa shape index (κ3) is 2.43. The number of imidazole rings is 2. The molecule has 0 saturated carbocycles. The van der Waals surface area contributed by atoms with Crippen LogP contribution in [0.25, 0.3) is 0 Å². The third-order valence-corrected chi connectivity index (χ3v) is 2.04. The molecule has 0 aliphatic heterocycles. The van der Waals surface area contributed by atoms with Gasteiger partial charge in [0.25, 0.3) is 0 Å². The number of nitrogens with one attached hydrogen (secondary N) is 4. The molecule has 0 aromatic carbocycles. The zero-order valence-corrected chi connectivity index (χ0v) is 8.03. The number of aromatic nitrogens is 4. The van der Waals surface area contributed by atoms with Crippen molar-refractivity contribution >= 4 is 12.1 Å². The van der Waals surface area contributed by atoms with Gasteiger partial charge >= 0.3 is 0 Å². The second-order valence-electron chi connectivity index (χ2n) is 3.18. The van der Waals surface area contributed by atoms with Crippen molar-refractivity contribution < 1.29 is 9.78 Å². The SMILES string of the molecule is O=C[C@H](Cc1cnc[nH]1)Nc1c[nH+]c[nH]1. The average Bonchev–Trinajstić information content (AvgIpc) is 2.89. The van der Waals surface area contributed by atoms with Gasteiger partial charge in [0.05, 0.1) is 12.4 Å². The predicted octanol–water partition coefficient (Wildman–Crippen LogP) is -0.226. The quantitative estimate of drug-likeness (QED) is 0.591. The number of carbonyl (C=O) groups is 1. The minimum atomic E-state index is -0.266. The second-order valence-corrected chi connectivity index (χ2v) is 3.18. The Morgan fingerprint density at radius 2 is 2.53 bits per heavy atom. The number of anilines is 1. The number of aromatic amines is 3. The summed E-state index contributed by atoms with van der Waals surface area (Å²) in [5.74, 6) is 0.784. The second kappa shape index (κ2) is 4.41. The molecule has 1 atom stereocenters. The van der Waals surface area contributed by atoms with Crippen LogP contribution in [0.4, 0.5) is 5.82 Å². The van der Waals surface area contributed by atoms with Gasteiger partial charge < -0.3 is 15.1 Å². The number of nitrogens with zero attached hydrogens (tertiary/aromatic N) is 1. The fourth-order valence-electron chi connectivity index (χ4n) is 1.34. The van der Waals surface area contributed by atoms with Gasteiger partial charge in [-0.3, -0.25) is 0 Å². The molecule has 0 fully saturated rings. The van der Waals surface area contributed by atoms with E-state index in [1.54, 1.807) is 25.0 Å². The van der Waals surface area contributed by atoms with Crippen LogP contribution in [-0.2, 0) is 11.2 Å². The third-order valence-electron chi connectivity index (χ3n) is 2.04. The Labute approximate surface area is 86.2 Å². The summed E-state index contributed by atoms with van der Waals surface area (Å²) in [5.41, 5.74) is 0.926. The van der Waals surface area contributed by atoms with Crippen LogP contribution in [0.3, 0.4) is 0 Å². The Morgan fingerprint density at radius 1 is 1.60 bits per heavy atom. The van der Waals surface area contributed by atoms with E-state index >= 15 is 0 Å². The molecule has 6 heteroatoms. The van der Waals surface area contributed by atoms with Gasteiger partial charge in [0.15, 0.2) is 6.20 Å². The van der Waals surface area contributed by atoms with Crippen molar-refractivity contribution in [1.29, 1.82) is 0 Å². The van der Waals surface area contributed by atoms with Gasteiger partial charge in [-0.2, -0.15) is 0 Å². The summed E-state index contributed by atoms with van der Waals surface area (Å²) in [6.07, 6.45) is 8.20. The smallest absolute Gasteiger partial charge is 0.240 e. The number of rotatable bonds is 5. The van der Waals surface area contributed by atoms with E-state index in [0.717, 1.165) is 17.8 Å². The molecule has 0 saturated heterocycles. The molecule has 0 aliphatic rings. The number of carbonyl (C=O) groups excluding carboxylic acids is 1. The fourth-order valence-corrected chi connectivity index (χ4v) is 1.34. The van der Waals surface area contributed by atoms with E-state index in [2.05, 4.69) is 25.3 Å². The van der Waals surface area contributed by atoms with E-state index in [-0.39, 0.29) is 6.04 Å². The van der Waals surface area contributed by atoms with Crippen molar-refractivity contribution in [2.24, 2.45) is 0 Å². The number of H-pyrrole nitrogens is 3. The molecule has 15 heavy (non-hydrogen) atoms. The van der Waals surface area contributed by atoms with Crippen molar-refractivity contribution in [3.05, 3.63) is 30.7 Å². The van der Waals surface area contributed by atoms with Crippen LogP contribution in [0.15, 0.2) is 25.0 Å². The highest BCUT2D eigenvalue weighted by molar-refractivity contribution is 5.63. The van der Waals surface area contributed by atoms with Gasteiger partial charge in [-0.05, 0) is 0 Å². The summed E-state index contributed by atoms with van der Waals surface area (Å²) in [5, 5.41) is 3.04. The zero-order valence-electron chi connectivity index (χ0n) is 8.03. The Kier molecular flexibility index (Phi) is 2.77. The first-order valence-electron chi connectivity index (χ1n) is 4.62. The van der Waals surface area contributed by atoms with Crippen molar-refractivity contribution in [2.75, 3.05) is 5.32 Å². The lowest BCUT2D eigenvalue weighted by Crippen LogP contribution is -2.24. The molecular formula is C9H12N5O+. The summed E-state index contributed by atoms with van der Waals surface area (Å²) >= 11 is 0. The molecule has 2 heterocycles. The monoisotopic (exact) mass is 206 g/mol. The van der Waals surface area contributed by atoms with Crippen LogP contribution in [0.2, 0.25) is 0 Å². The van der Waals surface area contributed by atoms with E-state index in [0.29, 0.717) is 6.42 Å². The van der Waals surface area contributed by atoms with Gasteiger partial charge in [0, 0.05) is 18.3 Å². The summed E-state index contributed by atoms with van der Waals surface area (Å²) < 4.78 is 0. The van der Waals surface area contributed by atoms with Crippen LogP contribution < -0.4 is 10.3 Å². The van der Waals surface area contributed by atoms with Crippen molar-refractivity contribution in [3.8, 4) is 0 Å². The summed E-state index contributed by atoms with van der Waals surface area (Å²) in [6.45, 7) is 0. The normalized spacial score (nSPS) is 12.3. The summed E-state index contributed by atoms with van der Waals surface area (Å²) in [4.78, 5) is 23.5. The van der Waals surface area contributed by atoms with E-state index in [1.807, 2.05) is 0 Å². The summed E-state index contributed by atoms with van der Waals surface area (Å²) in [7, 11) is 0. The molecule has 78 valence electrons. The lowest BCUT2D eigenvalue weighted by molar-refractivity contribution is -0.375. The van der Waals surface area contributed by atoms with Crippen molar-refractivity contribution in [1.82, 2.24) is 15.0 Å². The zero-order chi connectivity index (χ0) is 10.5. The molecule has 0 aliphatic carbocycles. The van der Waals surface area contributed by atoms with E-state index in [4.69, 9.17) is 0 Å². The molecule has 4 N–H and O–H groups in total. The highest BCUT2D eigenvalue weighted by atomic mass is 16.1. The van der Waals surface area contributed by atoms with Crippen LogP contribution in [0, 0.1) is 0 Å². The van der Waals surface area contributed by atoms with Crippen LogP contribution in [-0.4, -0.2) is 27.3 Å². The largest absolute Gasteiger partial charge is 0.348 e. The minimum absolute atomic E-state index is 0.266. The average molecular weight is 206 g/mol. The molecule has 0 radical (unpaired) electrons. The maximum absolute atomic E-state index is 10.8. The molecule has 2 aromatic heterocycles. The molecule has 0 bridgehead atoms. The fraction of sp³-hybridized carbons (Fsp3) is 0.222. The Bertz CT molecular complexity index is 358. The number of aldehydes is 1. The Hall–Kier alpha value is -2.11. The van der Waals surface area contributed by atoms with Gasteiger partial charge in [-0.15, -0.1) is 0 Å². The van der Waals surface area contributed by atoms with Crippen LogP contribution in [0.5, 0.6) is 0 Å². The Balaban J connectivity index is 1.96. The number of hydrogen-bond acceptors (Lipinski definition) is 3. The topological polar surface area (TPSA) is 87.7 Å². The number of hydrogen-bond donors (Lipinski definition) is 3. The molecule has 0 amide bonds. The maximum atomic E-state index is 10.8. The highest BCUT2D eigenvalue weighted by Gasteiger charge is 2.11. The standard InChI is InChI=1S/C9H11N5O/c15-4-8(1-7-2-10-5-12-7)14-9-3-11-6-13-9/h2-6,8,14H,1H2,(H,10,12)(H,11,13)/p+1/t8-/m0/s1. The van der Waals surface area contributed by atoms with Crippen molar-refractivity contribution in [3.63, 3.8) is 0 Å². The molecule has 0 spiro atoms. The molecule has 2 rings (SSSR count). The lowest BCUT2D eigenvalue weighted by atomic mass is 10.2. The lowest BCUT2D eigenvalue weighted by Gasteiger charge is -2.08. The predicted molar refractivity (Wildman–Crippen MR) is 53.1 cm³/mol. The van der Waals surface area contributed by atoms with Crippen molar-refractivity contribution in [2.45, 2.75) is 12.5 Å². The molecule has 0 unspecified atom stereocenters. The highest BCUT2D eigenvalue weighted by Crippen LogP contribution is 2.03. The molecule has 6 nitrogen and oxygen atoms in total. The van der Waals surface area contributed by atoms with E-state index in [1.165, 1.54) is 0 Å².